The highest BCUT2D eigenvalue weighted by atomic mass is 32.2. The quantitative estimate of drug-likeness (QED) is 0.607. The fourth-order valence-electron chi connectivity index (χ4n) is 2.66. The Hall–Kier alpha value is -2.36. The van der Waals surface area contributed by atoms with E-state index in [9.17, 15) is 13.2 Å². The number of benzene rings is 2. The van der Waals surface area contributed by atoms with Crippen molar-refractivity contribution < 1.29 is 17.9 Å². The first-order valence-corrected chi connectivity index (χ1v) is 10.6. The molecule has 0 radical (unpaired) electrons. The SMILES string of the molecule is CCOC(=O)CC(NS(=O)(=O)c1cccc2nsnc12)c1ccc(C)cc1. The van der Waals surface area contributed by atoms with Crippen LogP contribution in [0.1, 0.15) is 30.5 Å². The van der Waals surface area contributed by atoms with E-state index in [0.717, 1.165) is 17.3 Å². The lowest BCUT2D eigenvalue weighted by molar-refractivity contribution is -0.143. The number of aryl methyl sites for hydroxylation is 1. The first kappa shape index (κ1) is 19.4. The number of rotatable bonds is 7. The number of sulfonamides is 1. The molecule has 1 N–H and O–H groups in total. The Bertz CT molecular complexity index is 1050. The predicted octanol–water partition coefficient (Wildman–Crippen LogP) is 2.97. The summed E-state index contributed by atoms with van der Waals surface area (Å²) >= 11 is 0.951. The van der Waals surface area contributed by atoms with Crippen LogP contribution in [-0.2, 0) is 19.6 Å². The van der Waals surface area contributed by atoms with E-state index in [1.807, 2.05) is 19.1 Å². The standard InChI is InChI=1S/C18H19N3O4S2/c1-3-25-17(22)11-15(13-9-7-12(2)8-10-13)21-27(23,24)16-6-4-5-14-18(16)20-26-19-14/h4-10,15,21H,3,11H2,1-2H3. The summed E-state index contributed by atoms with van der Waals surface area (Å²) in [5, 5.41) is 0. The molecule has 1 heterocycles. The minimum Gasteiger partial charge on any atom is -0.466 e. The molecule has 3 aromatic rings. The Morgan fingerprint density at radius 3 is 2.63 bits per heavy atom. The zero-order chi connectivity index (χ0) is 19.4. The van der Waals surface area contributed by atoms with Gasteiger partial charge in [0.2, 0.25) is 10.0 Å². The largest absolute Gasteiger partial charge is 0.466 e. The number of esters is 1. The number of hydrogen-bond donors (Lipinski definition) is 1. The second-order valence-corrected chi connectivity index (χ2v) is 8.19. The molecular formula is C18H19N3O4S2. The van der Waals surface area contributed by atoms with Crippen molar-refractivity contribution in [3.63, 3.8) is 0 Å². The van der Waals surface area contributed by atoms with Gasteiger partial charge in [-0.1, -0.05) is 35.9 Å². The summed E-state index contributed by atoms with van der Waals surface area (Å²) in [7, 11) is -3.93. The molecule has 9 heteroatoms. The summed E-state index contributed by atoms with van der Waals surface area (Å²) in [6.45, 7) is 3.87. The molecule has 7 nitrogen and oxygen atoms in total. The minimum absolute atomic E-state index is 0.0368. The van der Waals surface area contributed by atoms with Gasteiger partial charge in [-0.15, -0.1) is 0 Å². The van der Waals surface area contributed by atoms with Crippen LogP contribution in [-0.4, -0.2) is 29.7 Å². The maximum absolute atomic E-state index is 13.0. The fourth-order valence-corrected chi connectivity index (χ4v) is 4.65. The molecule has 0 aliphatic carbocycles. The van der Waals surface area contributed by atoms with E-state index in [2.05, 4.69) is 13.5 Å². The van der Waals surface area contributed by atoms with Gasteiger partial charge in [0, 0.05) is 0 Å². The normalized spacial score (nSPS) is 12.8. The molecule has 0 aliphatic heterocycles. The molecule has 0 spiro atoms. The van der Waals surface area contributed by atoms with E-state index in [1.165, 1.54) is 6.07 Å². The number of carbonyl (C=O) groups is 1. The van der Waals surface area contributed by atoms with Crippen LogP contribution in [0, 0.1) is 6.92 Å². The van der Waals surface area contributed by atoms with Gasteiger partial charge in [-0.3, -0.25) is 4.79 Å². The highest BCUT2D eigenvalue weighted by Crippen LogP contribution is 2.25. The summed E-state index contributed by atoms with van der Waals surface area (Å²) in [5.41, 5.74) is 2.55. The number of aromatic nitrogens is 2. The van der Waals surface area contributed by atoms with Gasteiger partial charge in [-0.25, -0.2) is 13.1 Å². The van der Waals surface area contributed by atoms with Crippen molar-refractivity contribution in [3.8, 4) is 0 Å². The number of nitrogens with one attached hydrogen (secondary N) is 1. The van der Waals surface area contributed by atoms with E-state index in [-0.39, 0.29) is 17.9 Å². The second-order valence-electron chi connectivity index (χ2n) is 5.98. The van der Waals surface area contributed by atoms with Gasteiger partial charge in [0.15, 0.2) is 0 Å². The van der Waals surface area contributed by atoms with Crippen LogP contribution < -0.4 is 4.72 Å². The molecule has 2 aromatic carbocycles. The average Bonchev–Trinajstić information content (AvgIpc) is 3.10. The van der Waals surface area contributed by atoms with E-state index in [4.69, 9.17) is 4.74 Å². The molecule has 0 saturated carbocycles. The maximum atomic E-state index is 13.0. The molecule has 0 amide bonds. The van der Waals surface area contributed by atoms with Gasteiger partial charge in [0.05, 0.1) is 30.8 Å². The van der Waals surface area contributed by atoms with Gasteiger partial charge in [-0.05, 0) is 31.5 Å². The predicted molar refractivity (Wildman–Crippen MR) is 103 cm³/mol. The topological polar surface area (TPSA) is 98.2 Å². The lowest BCUT2D eigenvalue weighted by Gasteiger charge is -2.19. The van der Waals surface area contributed by atoms with Crippen molar-refractivity contribution in [1.29, 1.82) is 0 Å². The average molecular weight is 406 g/mol. The summed E-state index contributed by atoms with van der Waals surface area (Å²) in [5.74, 6) is -0.473. The lowest BCUT2D eigenvalue weighted by Crippen LogP contribution is -2.31. The number of fused-ring (bicyclic) bond motifs is 1. The van der Waals surface area contributed by atoms with Crippen molar-refractivity contribution in [2.45, 2.75) is 31.2 Å². The Labute approximate surface area is 161 Å². The maximum Gasteiger partial charge on any atom is 0.307 e. The van der Waals surface area contributed by atoms with Crippen LogP contribution >= 0.6 is 11.7 Å². The van der Waals surface area contributed by atoms with Gasteiger partial charge in [0.1, 0.15) is 15.9 Å². The Morgan fingerprint density at radius 2 is 1.93 bits per heavy atom. The number of ether oxygens (including phenoxy) is 1. The number of carbonyl (C=O) groups excluding carboxylic acids is 1. The summed E-state index contributed by atoms with van der Waals surface area (Å²) in [6.07, 6.45) is -0.110. The number of nitrogens with zero attached hydrogens (tertiary/aromatic N) is 2. The van der Waals surface area contributed by atoms with Crippen molar-refractivity contribution >= 4 is 38.8 Å². The van der Waals surface area contributed by atoms with Crippen LogP contribution in [0.2, 0.25) is 0 Å². The van der Waals surface area contributed by atoms with Crippen LogP contribution in [0.25, 0.3) is 11.0 Å². The highest BCUT2D eigenvalue weighted by molar-refractivity contribution is 7.89. The van der Waals surface area contributed by atoms with E-state index < -0.39 is 22.0 Å². The van der Waals surface area contributed by atoms with Gasteiger partial charge >= 0.3 is 5.97 Å². The monoisotopic (exact) mass is 405 g/mol. The smallest absolute Gasteiger partial charge is 0.307 e. The first-order chi connectivity index (χ1) is 12.9. The Morgan fingerprint density at radius 1 is 1.19 bits per heavy atom. The summed E-state index contributed by atoms with van der Waals surface area (Å²) < 4.78 is 41.8. The van der Waals surface area contributed by atoms with Crippen LogP contribution in [0.3, 0.4) is 0 Å². The zero-order valence-electron chi connectivity index (χ0n) is 14.9. The summed E-state index contributed by atoms with van der Waals surface area (Å²) in [4.78, 5) is 12.0. The van der Waals surface area contributed by atoms with Gasteiger partial charge < -0.3 is 4.74 Å². The molecule has 142 valence electrons. The molecule has 1 aromatic heterocycles. The summed E-state index contributed by atoms with van der Waals surface area (Å²) in [6, 6.07) is 11.4. The first-order valence-electron chi connectivity index (χ1n) is 8.36. The molecule has 0 bridgehead atoms. The van der Waals surface area contributed by atoms with Crippen molar-refractivity contribution in [3.05, 3.63) is 53.6 Å². The minimum atomic E-state index is -3.93. The zero-order valence-corrected chi connectivity index (χ0v) is 16.5. The number of hydrogen-bond acceptors (Lipinski definition) is 7. The highest BCUT2D eigenvalue weighted by Gasteiger charge is 2.26. The van der Waals surface area contributed by atoms with Crippen LogP contribution in [0.5, 0.6) is 0 Å². The molecule has 27 heavy (non-hydrogen) atoms. The lowest BCUT2D eigenvalue weighted by atomic mass is 10.0. The van der Waals surface area contributed by atoms with Crippen molar-refractivity contribution in [2.75, 3.05) is 6.61 Å². The molecule has 0 fully saturated rings. The molecule has 3 rings (SSSR count). The van der Waals surface area contributed by atoms with Gasteiger partial charge in [0.25, 0.3) is 0 Å². The van der Waals surface area contributed by atoms with E-state index in [0.29, 0.717) is 16.6 Å². The molecule has 0 aliphatic rings. The molecule has 0 saturated heterocycles. The van der Waals surface area contributed by atoms with Crippen molar-refractivity contribution in [1.82, 2.24) is 13.5 Å². The third-order valence-electron chi connectivity index (χ3n) is 3.99. The van der Waals surface area contributed by atoms with Crippen LogP contribution in [0.15, 0.2) is 47.4 Å². The third kappa shape index (κ3) is 4.49. The van der Waals surface area contributed by atoms with Gasteiger partial charge in [-0.2, -0.15) is 8.75 Å². The van der Waals surface area contributed by atoms with E-state index in [1.54, 1.807) is 31.2 Å². The fraction of sp³-hybridized carbons (Fsp3) is 0.278. The Balaban J connectivity index is 1.95. The van der Waals surface area contributed by atoms with E-state index >= 15 is 0 Å². The molecule has 1 unspecified atom stereocenters. The third-order valence-corrected chi connectivity index (χ3v) is 6.04. The van der Waals surface area contributed by atoms with Crippen molar-refractivity contribution in [2.24, 2.45) is 0 Å². The second kappa shape index (κ2) is 8.12. The van der Waals surface area contributed by atoms with Crippen LogP contribution in [0.4, 0.5) is 0 Å². The Kier molecular flexibility index (Phi) is 5.83. The molecule has 1 atom stereocenters. The molecular weight excluding hydrogens is 386 g/mol.